The van der Waals surface area contributed by atoms with Crippen molar-refractivity contribution < 1.29 is 9.90 Å². The number of amides is 1. The summed E-state index contributed by atoms with van der Waals surface area (Å²) in [6.07, 6.45) is 1.40. The molecule has 0 aromatic carbocycles. The summed E-state index contributed by atoms with van der Waals surface area (Å²) in [6.45, 7) is 4.48. The van der Waals surface area contributed by atoms with Crippen molar-refractivity contribution in [2.24, 2.45) is 0 Å². The fraction of sp³-hybridized carbons (Fsp3) is 0.562. The molecule has 0 aliphatic carbocycles. The van der Waals surface area contributed by atoms with Gasteiger partial charge in [0, 0.05) is 25.1 Å². The van der Waals surface area contributed by atoms with E-state index in [1.165, 1.54) is 11.3 Å². The highest BCUT2D eigenvalue weighted by atomic mass is 32.1. The summed E-state index contributed by atoms with van der Waals surface area (Å²) in [5, 5.41) is 10.7. The predicted molar refractivity (Wildman–Crippen MR) is 87.6 cm³/mol. The zero-order valence-corrected chi connectivity index (χ0v) is 13.9. The van der Waals surface area contributed by atoms with Crippen LogP contribution in [-0.4, -0.2) is 61.2 Å². The largest absolute Gasteiger partial charge is 0.395 e. The van der Waals surface area contributed by atoms with Crippen LogP contribution in [-0.2, 0) is 0 Å². The molecule has 0 aliphatic heterocycles. The van der Waals surface area contributed by atoms with Gasteiger partial charge in [0.1, 0.15) is 4.88 Å². The number of carbonyl (C=O) groups excluding carboxylic acids is 1. The molecule has 1 aromatic heterocycles. The maximum Gasteiger partial charge on any atom is 0.265 e. The Kier molecular flexibility index (Phi) is 8.06. The third kappa shape index (κ3) is 5.88. The molecule has 0 spiro atoms. The Morgan fingerprint density at radius 1 is 1.38 bits per heavy atom. The monoisotopic (exact) mass is 308 g/mol. The van der Waals surface area contributed by atoms with Crippen molar-refractivity contribution >= 4 is 17.2 Å². The first-order valence-corrected chi connectivity index (χ1v) is 8.09. The van der Waals surface area contributed by atoms with E-state index < -0.39 is 0 Å². The molecule has 0 saturated carbocycles. The van der Waals surface area contributed by atoms with Gasteiger partial charge in [0.15, 0.2) is 0 Å². The lowest BCUT2D eigenvalue weighted by molar-refractivity contribution is 0.0764. The van der Waals surface area contributed by atoms with E-state index in [2.05, 4.69) is 16.7 Å². The summed E-state index contributed by atoms with van der Waals surface area (Å²) >= 11 is 1.43. The SMILES string of the molecule is CCN(CCCN(C)C)C(=O)c1sccc1C#CCCO. The standard InChI is InChI=1S/C16H24N2O2S/c1-4-18(11-7-10-17(2)3)16(20)15-14(9-13-21-15)8-5-6-12-19/h9,13,19H,4,6-7,10-12H2,1-3H3. The minimum atomic E-state index is 0.0477. The maximum atomic E-state index is 12.6. The molecule has 1 aromatic rings. The van der Waals surface area contributed by atoms with Crippen molar-refractivity contribution in [3.63, 3.8) is 0 Å². The molecule has 0 unspecified atom stereocenters. The van der Waals surface area contributed by atoms with Crippen LogP contribution in [0.3, 0.4) is 0 Å². The summed E-state index contributed by atoms with van der Waals surface area (Å²) < 4.78 is 0. The molecular weight excluding hydrogens is 284 g/mol. The van der Waals surface area contributed by atoms with Crippen LogP contribution in [0.25, 0.3) is 0 Å². The molecule has 5 heteroatoms. The molecule has 0 saturated heterocycles. The zero-order chi connectivity index (χ0) is 15.7. The average Bonchev–Trinajstić information content (AvgIpc) is 2.91. The van der Waals surface area contributed by atoms with Crippen LogP contribution in [0, 0.1) is 11.8 Å². The highest BCUT2D eigenvalue weighted by molar-refractivity contribution is 7.12. The lowest BCUT2D eigenvalue weighted by atomic mass is 10.2. The van der Waals surface area contributed by atoms with E-state index in [0.29, 0.717) is 17.8 Å². The molecule has 0 atom stereocenters. The Morgan fingerprint density at radius 3 is 2.76 bits per heavy atom. The summed E-state index contributed by atoms with van der Waals surface area (Å²) in [6, 6.07) is 1.87. The first-order chi connectivity index (χ1) is 10.1. The number of hydrogen-bond donors (Lipinski definition) is 1. The van der Waals surface area contributed by atoms with Crippen molar-refractivity contribution in [2.45, 2.75) is 19.8 Å². The van der Waals surface area contributed by atoms with Gasteiger partial charge in [0.25, 0.3) is 5.91 Å². The fourth-order valence-electron chi connectivity index (χ4n) is 1.91. The Bertz CT molecular complexity index is 500. The van der Waals surface area contributed by atoms with Gasteiger partial charge in [-0.15, -0.1) is 11.3 Å². The second-order valence-corrected chi connectivity index (χ2v) is 5.90. The first-order valence-electron chi connectivity index (χ1n) is 7.21. The minimum absolute atomic E-state index is 0.0477. The Morgan fingerprint density at radius 2 is 2.14 bits per heavy atom. The van der Waals surface area contributed by atoms with Crippen molar-refractivity contribution in [3.8, 4) is 11.8 Å². The van der Waals surface area contributed by atoms with Gasteiger partial charge in [-0.3, -0.25) is 4.79 Å². The number of nitrogens with zero attached hydrogens (tertiary/aromatic N) is 2. The zero-order valence-electron chi connectivity index (χ0n) is 13.1. The quantitative estimate of drug-likeness (QED) is 0.782. The van der Waals surface area contributed by atoms with Crippen LogP contribution in [0.2, 0.25) is 0 Å². The van der Waals surface area contributed by atoms with Crippen LogP contribution in [0.15, 0.2) is 11.4 Å². The van der Waals surface area contributed by atoms with Crippen molar-refractivity contribution in [1.82, 2.24) is 9.80 Å². The Balaban J connectivity index is 2.72. The average molecular weight is 308 g/mol. The Hall–Kier alpha value is -1.35. The second kappa shape index (κ2) is 9.56. The van der Waals surface area contributed by atoms with Crippen LogP contribution in [0.4, 0.5) is 0 Å². The third-order valence-electron chi connectivity index (χ3n) is 3.02. The number of aliphatic hydroxyl groups is 1. The van der Waals surface area contributed by atoms with E-state index in [0.717, 1.165) is 25.1 Å². The van der Waals surface area contributed by atoms with E-state index >= 15 is 0 Å². The summed E-state index contributed by atoms with van der Waals surface area (Å²) in [7, 11) is 4.07. The fourth-order valence-corrected chi connectivity index (χ4v) is 2.73. The van der Waals surface area contributed by atoms with Crippen LogP contribution >= 0.6 is 11.3 Å². The van der Waals surface area contributed by atoms with Gasteiger partial charge in [0.2, 0.25) is 0 Å². The molecule has 1 heterocycles. The number of thiophene rings is 1. The number of aliphatic hydroxyl groups excluding tert-OH is 1. The summed E-state index contributed by atoms with van der Waals surface area (Å²) in [4.78, 5) is 17.3. The van der Waals surface area contributed by atoms with Gasteiger partial charge < -0.3 is 14.9 Å². The number of rotatable bonds is 7. The van der Waals surface area contributed by atoms with Crippen molar-refractivity contribution in [1.29, 1.82) is 0 Å². The lowest BCUT2D eigenvalue weighted by Gasteiger charge is -2.21. The number of hydrogen-bond acceptors (Lipinski definition) is 4. The number of carbonyl (C=O) groups is 1. The molecule has 0 bridgehead atoms. The summed E-state index contributed by atoms with van der Waals surface area (Å²) in [5.74, 6) is 5.91. The van der Waals surface area contributed by atoms with E-state index in [1.807, 2.05) is 37.4 Å². The topological polar surface area (TPSA) is 43.8 Å². The minimum Gasteiger partial charge on any atom is -0.395 e. The molecule has 1 N–H and O–H groups in total. The molecule has 4 nitrogen and oxygen atoms in total. The molecule has 0 radical (unpaired) electrons. The molecule has 1 amide bonds. The highest BCUT2D eigenvalue weighted by Gasteiger charge is 2.18. The van der Waals surface area contributed by atoms with Gasteiger partial charge in [-0.2, -0.15) is 0 Å². The molecule has 116 valence electrons. The van der Waals surface area contributed by atoms with Crippen LogP contribution in [0.1, 0.15) is 35.0 Å². The van der Waals surface area contributed by atoms with E-state index in [1.54, 1.807) is 0 Å². The van der Waals surface area contributed by atoms with E-state index in [4.69, 9.17) is 5.11 Å². The van der Waals surface area contributed by atoms with E-state index in [9.17, 15) is 4.79 Å². The van der Waals surface area contributed by atoms with Crippen LogP contribution in [0.5, 0.6) is 0 Å². The van der Waals surface area contributed by atoms with Gasteiger partial charge in [-0.25, -0.2) is 0 Å². The van der Waals surface area contributed by atoms with Gasteiger partial charge in [-0.1, -0.05) is 11.8 Å². The Labute approximate surface area is 131 Å². The first kappa shape index (κ1) is 17.7. The van der Waals surface area contributed by atoms with E-state index in [-0.39, 0.29) is 12.5 Å². The predicted octanol–water partition coefficient (Wildman–Crippen LogP) is 1.90. The van der Waals surface area contributed by atoms with Crippen LogP contribution < -0.4 is 0 Å². The van der Waals surface area contributed by atoms with Crippen molar-refractivity contribution in [2.75, 3.05) is 40.3 Å². The summed E-state index contributed by atoms with van der Waals surface area (Å²) in [5.41, 5.74) is 0.768. The molecule has 0 fully saturated rings. The molecular formula is C16H24N2O2S. The molecule has 21 heavy (non-hydrogen) atoms. The van der Waals surface area contributed by atoms with Crippen molar-refractivity contribution in [3.05, 3.63) is 21.9 Å². The van der Waals surface area contributed by atoms with Gasteiger partial charge in [-0.05, 0) is 45.4 Å². The normalized spacial score (nSPS) is 10.3. The maximum absolute atomic E-state index is 12.6. The molecule has 1 rings (SSSR count). The molecule has 0 aliphatic rings. The third-order valence-corrected chi connectivity index (χ3v) is 3.92. The lowest BCUT2D eigenvalue weighted by Crippen LogP contribution is -2.33. The highest BCUT2D eigenvalue weighted by Crippen LogP contribution is 2.18. The van der Waals surface area contributed by atoms with Gasteiger partial charge >= 0.3 is 0 Å². The second-order valence-electron chi connectivity index (χ2n) is 4.98. The smallest absolute Gasteiger partial charge is 0.265 e. The van der Waals surface area contributed by atoms with Gasteiger partial charge in [0.05, 0.1) is 6.61 Å².